The molecule has 0 radical (unpaired) electrons. The van der Waals surface area contributed by atoms with Gasteiger partial charge in [-0.05, 0) is 66.2 Å². The Morgan fingerprint density at radius 2 is 1.24 bits per heavy atom. The van der Waals surface area contributed by atoms with Gasteiger partial charge in [-0.2, -0.15) is 0 Å². The van der Waals surface area contributed by atoms with Crippen molar-refractivity contribution in [2.75, 3.05) is 39.5 Å². The summed E-state index contributed by atoms with van der Waals surface area (Å²) >= 11 is 0. The Kier molecular flexibility index (Phi) is 21.7. The Morgan fingerprint density at radius 1 is 0.737 bits per heavy atom. The molecule has 0 aromatic carbocycles. The van der Waals surface area contributed by atoms with Gasteiger partial charge in [-0.25, -0.2) is 0 Å². The third kappa shape index (κ3) is 25.0. The van der Waals surface area contributed by atoms with Crippen LogP contribution in [-0.4, -0.2) is 72.5 Å². The van der Waals surface area contributed by atoms with E-state index in [0.29, 0.717) is 45.7 Å². The molecule has 8 nitrogen and oxygen atoms in total. The molecule has 0 aliphatic rings. The van der Waals surface area contributed by atoms with Crippen molar-refractivity contribution in [3.63, 3.8) is 0 Å². The molecule has 0 amide bonds. The monoisotopic (exact) mass is 541 g/mol. The first kappa shape index (κ1) is 36.7. The molecule has 0 saturated heterocycles. The molecule has 0 spiro atoms. The number of unbranched alkanes of at least 4 members (excludes halogenated alkanes) is 10. The molecule has 0 heterocycles. The molecule has 0 aromatic heterocycles. The van der Waals surface area contributed by atoms with Crippen molar-refractivity contribution in [3.8, 4) is 0 Å². The van der Waals surface area contributed by atoms with Gasteiger partial charge in [-0.15, -0.1) is 0 Å². The van der Waals surface area contributed by atoms with Crippen LogP contribution in [0.4, 0.5) is 0 Å². The van der Waals surface area contributed by atoms with Gasteiger partial charge in [-0.1, -0.05) is 50.7 Å². The number of nitrogens with zero attached hydrogens (tertiary/aromatic N) is 1. The molecule has 0 rings (SSSR count). The van der Waals surface area contributed by atoms with Crippen molar-refractivity contribution in [1.29, 1.82) is 0 Å². The van der Waals surface area contributed by atoms with Crippen LogP contribution in [0, 0.1) is 0 Å². The highest BCUT2D eigenvalue weighted by molar-refractivity contribution is 5.87. The fraction of sp³-hybridized carbons (Fsp3) is 0.867. The van der Waals surface area contributed by atoms with Gasteiger partial charge in [0.15, 0.2) is 5.78 Å². The van der Waals surface area contributed by atoms with E-state index in [0.717, 1.165) is 44.9 Å². The third-order valence-electron chi connectivity index (χ3n) is 6.38. The highest BCUT2D eigenvalue weighted by Crippen LogP contribution is 2.12. The SMILES string of the molecule is CC(C)(N)OCCN(CCO)CCOC(=O)CCCCCCCC=CCCCCCCCC(=O)C(C)(C)N. The highest BCUT2D eigenvalue weighted by Gasteiger charge is 2.20. The zero-order valence-electron chi connectivity index (χ0n) is 25.0. The highest BCUT2D eigenvalue weighted by atomic mass is 16.5. The van der Waals surface area contributed by atoms with Crippen molar-refractivity contribution < 1.29 is 24.2 Å². The number of hydrogen-bond acceptors (Lipinski definition) is 8. The fourth-order valence-corrected chi connectivity index (χ4v) is 3.97. The number of allylic oxidation sites excluding steroid dienone is 2. The zero-order chi connectivity index (χ0) is 28.7. The van der Waals surface area contributed by atoms with E-state index in [2.05, 4.69) is 12.2 Å². The molecule has 224 valence electrons. The number of esters is 1. The smallest absolute Gasteiger partial charge is 0.305 e. The predicted molar refractivity (Wildman–Crippen MR) is 156 cm³/mol. The van der Waals surface area contributed by atoms with Crippen molar-refractivity contribution >= 4 is 11.8 Å². The van der Waals surface area contributed by atoms with Gasteiger partial charge in [0.05, 0.1) is 18.8 Å². The molecule has 8 heteroatoms. The van der Waals surface area contributed by atoms with Crippen LogP contribution in [0.5, 0.6) is 0 Å². The fourth-order valence-electron chi connectivity index (χ4n) is 3.97. The van der Waals surface area contributed by atoms with E-state index >= 15 is 0 Å². The van der Waals surface area contributed by atoms with Gasteiger partial charge in [0, 0.05) is 32.5 Å². The molecule has 5 N–H and O–H groups in total. The van der Waals surface area contributed by atoms with Crippen molar-refractivity contribution in [1.82, 2.24) is 4.90 Å². The second-order valence-electron chi connectivity index (χ2n) is 11.5. The van der Waals surface area contributed by atoms with Gasteiger partial charge >= 0.3 is 5.97 Å². The third-order valence-corrected chi connectivity index (χ3v) is 6.38. The standard InChI is InChI=1S/C30H59N3O5/c1-29(2,31)27(35)19-17-15-13-11-9-7-5-6-8-10-12-14-16-18-20-28(36)37-25-22-33(21-24-34)23-26-38-30(3,4)32/h5-6,34H,7-26,31-32H2,1-4H3. The zero-order valence-corrected chi connectivity index (χ0v) is 25.0. The summed E-state index contributed by atoms with van der Waals surface area (Å²) in [6, 6.07) is 0. The van der Waals surface area contributed by atoms with Crippen LogP contribution in [0.2, 0.25) is 0 Å². The molecular formula is C30H59N3O5. The van der Waals surface area contributed by atoms with Gasteiger partial charge in [-0.3, -0.25) is 14.5 Å². The first-order chi connectivity index (χ1) is 18.0. The van der Waals surface area contributed by atoms with Crippen molar-refractivity contribution in [3.05, 3.63) is 12.2 Å². The molecule has 0 saturated carbocycles. The lowest BCUT2D eigenvalue weighted by atomic mass is 9.95. The predicted octanol–water partition coefficient (Wildman–Crippen LogP) is 4.86. The van der Waals surface area contributed by atoms with Gasteiger partial charge < -0.3 is 26.0 Å². The number of carbonyl (C=O) groups is 2. The average molecular weight is 542 g/mol. The number of hydrogen-bond donors (Lipinski definition) is 3. The van der Waals surface area contributed by atoms with Crippen LogP contribution < -0.4 is 11.5 Å². The van der Waals surface area contributed by atoms with Gasteiger partial charge in [0.2, 0.25) is 0 Å². The van der Waals surface area contributed by atoms with Crippen LogP contribution in [0.1, 0.15) is 118 Å². The van der Waals surface area contributed by atoms with Gasteiger partial charge in [0.1, 0.15) is 12.3 Å². The van der Waals surface area contributed by atoms with Gasteiger partial charge in [0.25, 0.3) is 0 Å². The van der Waals surface area contributed by atoms with Crippen LogP contribution in [0.25, 0.3) is 0 Å². The topological polar surface area (TPSA) is 128 Å². The van der Waals surface area contributed by atoms with Crippen LogP contribution in [0.3, 0.4) is 0 Å². The second kappa shape index (κ2) is 22.5. The largest absolute Gasteiger partial charge is 0.464 e. The number of aliphatic hydroxyl groups excluding tert-OH is 1. The number of carbonyl (C=O) groups excluding carboxylic acids is 2. The lowest BCUT2D eigenvalue weighted by Gasteiger charge is -2.24. The van der Waals surface area contributed by atoms with E-state index in [4.69, 9.17) is 20.9 Å². The Bertz CT molecular complexity index is 626. The van der Waals surface area contributed by atoms with Crippen LogP contribution >= 0.6 is 0 Å². The minimum absolute atomic E-state index is 0.0514. The molecule has 38 heavy (non-hydrogen) atoms. The van der Waals surface area contributed by atoms with Crippen LogP contribution in [-0.2, 0) is 19.1 Å². The summed E-state index contributed by atoms with van der Waals surface area (Å²) in [5.74, 6) is 0.0102. The van der Waals surface area contributed by atoms with Crippen molar-refractivity contribution in [2.45, 2.75) is 129 Å². The summed E-state index contributed by atoms with van der Waals surface area (Å²) in [7, 11) is 0. The number of nitrogens with two attached hydrogens (primary N) is 2. The summed E-state index contributed by atoms with van der Waals surface area (Å²) in [6.07, 6.45) is 19.0. The molecule has 0 fully saturated rings. The summed E-state index contributed by atoms with van der Waals surface area (Å²) < 4.78 is 10.9. The van der Waals surface area contributed by atoms with E-state index in [1.54, 1.807) is 27.7 Å². The van der Waals surface area contributed by atoms with E-state index in [1.165, 1.54) is 32.1 Å². The van der Waals surface area contributed by atoms with E-state index in [9.17, 15) is 14.7 Å². The Labute approximate surface area is 232 Å². The number of Topliss-reactive ketones (excluding diaryl/α,β-unsaturated/α-hetero) is 1. The second-order valence-corrected chi connectivity index (χ2v) is 11.5. The number of ketones is 1. The van der Waals surface area contributed by atoms with E-state index in [1.807, 2.05) is 4.90 Å². The lowest BCUT2D eigenvalue weighted by Crippen LogP contribution is -2.41. The Hall–Kier alpha value is -1.32. The lowest BCUT2D eigenvalue weighted by molar-refractivity contribution is -0.144. The summed E-state index contributed by atoms with van der Waals surface area (Å²) in [6.45, 7) is 9.72. The normalized spacial score (nSPS) is 12.5. The minimum Gasteiger partial charge on any atom is -0.464 e. The molecule has 0 aliphatic heterocycles. The number of aliphatic hydroxyl groups is 1. The molecule has 0 aromatic rings. The maximum Gasteiger partial charge on any atom is 0.305 e. The maximum atomic E-state index is 12.0. The number of rotatable bonds is 26. The first-order valence-corrected chi connectivity index (χ1v) is 14.8. The number of ether oxygens (including phenoxy) is 2. The Balaban J connectivity index is 3.55. The average Bonchev–Trinajstić information content (AvgIpc) is 2.82. The minimum atomic E-state index is -0.691. The van der Waals surface area contributed by atoms with E-state index < -0.39 is 11.3 Å². The molecule has 0 unspecified atom stereocenters. The van der Waals surface area contributed by atoms with Crippen molar-refractivity contribution in [2.24, 2.45) is 11.5 Å². The summed E-state index contributed by atoms with van der Waals surface area (Å²) in [4.78, 5) is 25.7. The summed E-state index contributed by atoms with van der Waals surface area (Å²) in [5, 5.41) is 9.21. The molecule has 0 bridgehead atoms. The summed E-state index contributed by atoms with van der Waals surface area (Å²) in [5.41, 5.74) is 10.3. The van der Waals surface area contributed by atoms with E-state index in [-0.39, 0.29) is 18.4 Å². The van der Waals surface area contributed by atoms with Crippen LogP contribution in [0.15, 0.2) is 12.2 Å². The molecule has 0 aliphatic carbocycles. The maximum absolute atomic E-state index is 12.0. The molecule has 0 atom stereocenters. The molecular weight excluding hydrogens is 482 g/mol. The first-order valence-electron chi connectivity index (χ1n) is 14.8. The quantitative estimate of drug-likeness (QED) is 0.0613. The Morgan fingerprint density at radius 3 is 1.76 bits per heavy atom.